The molecule has 0 saturated carbocycles. The van der Waals surface area contributed by atoms with Crippen LogP contribution in [0.15, 0.2) is 89.6 Å². The molecule has 0 saturated heterocycles. The first kappa shape index (κ1) is 25.4. The van der Waals surface area contributed by atoms with Gasteiger partial charge in [0.05, 0.1) is 11.4 Å². The molecule has 1 aromatic carbocycles. The lowest BCUT2D eigenvalue weighted by Gasteiger charge is -2.12. The fourth-order valence-corrected chi connectivity index (χ4v) is 3.48. The minimum Gasteiger partial charge on any atom is -0.324 e. The molecule has 0 aliphatic carbocycles. The van der Waals surface area contributed by atoms with Crippen LogP contribution in [0.5, 0.6) is 0 Å². The Morgan fingerprint density at radius 1 is 0.757 bits per heavy atom. The van der Waals surface area contributed by atoms with E-state index in [9.17, 15) is 0 Å². The maximum atomic E-state index is 4.60. The van der Waals surface area contributed by atoms with E-state index in [4.69, 9.17) is 0 Å². The Morgan fingerprint density at radius 3 is 1.70 bits per heavy atom. The van der Waals surface area contributed by atoms with Crippen LogP contribution in [0.3, 0.4) is 0 Å². The topological polar surface area (TPSA) is 112 Å². The third-order valence-electron chi connectivity index (χ3n) is 5.95. The van der Waals surface area contributed by atoms with E-state index in [-0.39, 0.29) is 0 Å². The summed E-state index contributed by atoms with van der Waals surface area (Å²) in [6, 6.07) is 17.7. The quantitative estimate of drug-likeness (QED) is 0.178. The molecule has 0 aliphatic rings. The third kappa shape index (κ3) is 7.17. The molecule has 1 atom stereocenters. The molecule has 3 aromatic heterocycles. The molecule has 188 valence electrons. The molecular weight excluding hydrogens is 462 g/mol. The summed E-state index contributed by atoms with van der Waals surface area (Å²) >= 11 is 0. The van der Waals surface area contributed by atoms with Gasteiger partial charge < -0.3 is 5.32 Å². The zero-order valence-corrected chi connectivity index (χ0v) is 21.5. The predicted molar refractivity (Wildman–Crippen MR) is 151 cm³/mol. The largest absolute Gasteiger partial charge is 0.324 e. The van der Waals surface area contributed by atoms with Gasteiger partial charge in [0.2, 0.25) is 5.95 Å². The number of nitrogens with one attached hydrogen (secondary N) is 3. The Bertz CT molecular complexity index is 1280. The SMILES string of the molecule is CCC(C)c1ccc(Nc2nc(NN=C(C)c3ccncc3)cc(NN=C(C)c3ccncc3)n2)cc1. The second-order valence-corrected chi connectivity index (χ2v) is 8.61. The van der Waals surface area contributed by atoms with E-state index >= 15 is 0 Å². The van der Waals surface area contributed by atoms with E-state index in [0.29, 0.717) is 23.5 Å². The average molecular weight is 494 g/mol. The number of hydrogen-bond donors (Lipinski definition) is 3. The highest BCUT2D eigenvalue weighted by Crippen LogP contribution is 2.23. The monoisotopic (exact) mass is 493 g/mol. The molecule has 4 rings (SSSR count). The number of nitrogens with zero attached hydrogens (tertiary/aromatic N) is 6. The minimum atomic E-state index is 0.414. The molecule has 9 nitrogen and oxygen atoms in total. The van der Waals surface area contributed by atoms with Crippen molar-refractivity contribution in [3.05, 3.63) is 96.1 Å². The van der Waals surface area contributed by atoms with Gasteiger partial charge in [-0.05, 0) is 68.1 Å². The Kier molecular flexibility index (Phi) is 8.49. The standard InChI is InChI=1S/C28H31N9/c1-5-19(2)22-6-8-25(9-7-22)31-28-32-26(36-34-20(3)23-10-14-29-15-11-23)18-27(33-28)37-35-21(4)24-12-16-30-17-13-24/h6-19H,5H2,1-4H3,(H3,31,32,33,36,37). The minimum absolute atomic E-state index is 0.414. The summed E-state index contributed by atoms with van der Waals surface area (Å²) in [4.78, 5) is 17.3. The molecule has 0 bridgehead atoms. The van der Waals surface area contributed by atoms with Crippen molar-refractivity contribution < 1.29 is 0 Å². The predicted octanol–water partition coefficient (Wildman–Crippen LogP) is 6.20. The number of pyridine rings is 2. The molecule has 0 radical (unpaired) electrons. The third-order valence-corrected chi connectivity index (χ3v) is 5.95. The van der Waals surface area contributed by atoms with Crippen LogP contribution in [0.2, 0.25) is 0 Å². The van der Waals surface area contributed by atoms with E-state index in [0.717, 1.165) is 34.7 Å². The number of benzene rings is 1. The van der Waals surface area contributed by atoms with Crippen molar-refractivity contribution >= 4 is 34.7 Å². The van der Waals surface area contributed by atoms with Crippen LogP contribution in [0.1, 0.15) is 56.7 Å². The average Bonchev–Trinajstić information content (AvgIpc) is 2.95. The fourth-order valence-electron chi connectivity index (χ4n) is 3.48. The summed E-state index contributed by atoms with van der Waals surface area (Å²) < 4.78 is 0. The van der Waals surface area contributed by atoms with E-state index < -0.39 is 0 Å². The molecule has 0 spiro atoms. The molecule has 3 N–H and O–H groups in total. The van der Waals surface area contributed by atoms with Gasteiger partial charge in [-0.25, -0.2) is 0 Å². The lowest BCUT2D eigenvalue weighted by Crippen LogP contribution is -2.07. The lowest BCUT2D eigenvalue weighted by atomic mass is 9.99. The van der Waals surface area contributed by atoms with Crippen molar-refractivity contribution in [1.29, 1.82) is 0 Å². The first-order chi connectivity index (χ1) is 18.0. The number of hydrogen-bond acceptors (Lipinski definition) is 9. The van der Waals surface area contributed by atoms with Crippen LogP contribution in [0.4, 0.5) is 23.3 Å². The van der Waals surface area contributed by atoms with Gasteiger partial charge in [-0.3, -0.25) is 20.8 Å². The first-order valence-corrected chi connectivity index (χ1v) is 12.2. The van der Waals surface area contributed by atoms with E-state index in [1.807, 2.05) is 50.2 Å². The Labute approximate surface area is 217 Å². The summed E-state index contributed by atoms with van der Waals surface area (Å²) in [6.07, 6.45) is 8.03. The highest BCUT2D eigenvalue weighted by molar-refractivity contribution is 5.99. The van der Waals surface area contributed by atoms with Crippen LogP contribution in [0.25, 0.3) is 0 Å². The van der Waals surface area contributed by atoms with Crippen molar-refractivity contribution in [3.8, 4) is 0 Å². The second kappa shape index (κ2) is 12.3. The van der Waals surface area contributed by atoms with Crippen LogP contribution in [-0.4, -0.2) is 31.4 Å². The van der Waals surface area contributed by atoms with Crippen molar-refractivity contribution in [2.45, 2.75) is 40.0 Å². The van der Waals surface area contributed by atoms with E-state index in [1.54, 1.807) is 30.9 Å². The van der Waals surface area contributed by atoms with Crippen molar-refractivity contribution in [3.63, 3.8) is 0 Å². The van der Waals surface area contributed by atoms with Gasteiger partial charge in [-0.2, -0.15) is 20.2 Å². The molecule has 9 heteroatoms. The van der Waals surface area contributed by atoms with Crippen LogP contribution < -0.4 is 16.2 Å². The summed E-state index contributed by atoms with van der Waals surface area (Å²) in [5.41, 5.74) is 11.8. The highest BCUT2D eigenvalue weighted by atomic mass is 15.4. The van der Waals surface area contributed by atoms with Gasteiger partial charge >= 0.3 is 0 Å². The maximum absolute atomic E-state index is 4.60. The van der Waals surface area contributed by atoms with Gasteiger partial charge in [0.15, 0.2) is 11.6 Å². The van der Waals surface area contributed by atoms with E-state index in [1.165, 1.54) is 5.56 Å². The molecule has 37 heavy (non-hydrogen) atoms. The Balaban J connectivity index is 1.58. The van der Waals surface area contributed by atoms with Gasteiger partial charge in [-0.1, -0.05) is 26.0 Å². The number of rotatable bonds is 10. The summed E-state index contributed by atoms with van der Waals surface area (Å²) in [7, 11) is 0. The van der Waals surface area contributed by atoms with Gasteiger partial charge in [0.1, 0.15) is 0 Å². The number of anilines is 4. The number of aromatic nitrogens is 4. The lowest BCUT2D eigenvalue weighted by molar-refractivity contribution is 0.734. The molecule has 4 aromatic rings. The van der Waals surface area contributed by atoms with Crippen molar-refractivity contribution in [2.75, 3.05) is 16.2 Å². The zero-order chi connectivity index (χ0) is 26.0. The molecule has 0 amide bonds. The van der Waals surface area contributed by atoms with E-state index in [2.05, 4.69) is 72.3 Å². The van der Waals surface area contributed by atoms with Gasteiger partial charge in [0.25, 0.3) is 0 Å². The smallest absolute Gasteiger partial charge is 0.231 e. The molecule has 1 unspecified atom stereocenters. The summed E-state index contributed by atoms with van der Waals surface area (Å²) in [5, 5.41) is 12.3. The number of hydrazone groups is 2. The first-order valence-electron chi connectivity index (χ1n) is 12.2. The normalized spacial score (nSPS) is 12.6. The highest BCUT2D eigenvalue weighted by Gasteiger charge is 2.08. The van der Waals surface area contributed by atoms with Crippen LogP contribution in [0, 0.1) is 0 Å². The van der Waals surface area contributed by atoms with Crippen molar-refractivity contribution in [2.24, 2.45) is 10.2 Å². The Hall–Kier alpha value is -4.66. The fraction of sp³-hybridized carbons (Fsp3) is 0.214. The Morgan fingerprint density at radius 2 is 1.24 bits per heavy atom. The maximum Gasteiger partial charge on any atom is 0.231 e. The second-order valence-electron chi connectivity index (χ2n) is 8.61. The molecule has 0 fully saturated rings. The van der Waals surface area contributed by atoms with Crippen LogP contribution in [-0.2, 0) is 0 Å². The van der Waals surface area contributed by atoms with Crippen molar-refractivity contribution in [1.82, 2.24) is 19.9 Å². The van der Waals surface area contributed by atoms with Crippen LogP contribution >= 0.6 is 0 Å². The van der Waals surface area contributed by atoms with Gasteiger partial charge in [-0.15, -0.1) is 0 Å². The zero-order valence-electron chi connectivity index (χ0n) is 21.5. The molecular formula is C28H31N9. The molecule has 0 aliphatic heterocycles. The summed E-state index contributed by atoms with van der Waals surface area (Å²) in [5.74, 6) is 1.96. The summed E-state index contributed by atoms with van der Waals surface area (Å²) in [6.45, 7) is 8.25. The molecule has 3 heterocycles. The van der Waals surface area contributed by atoms with Gasteiger partial charge in [0, 0.05) is 47.7 Å².